The normalized spacial score (nSPS) is 13.4. The Balaban J connectivity index is 1.90. The molecule has 1 heterocycles. The number of rotatable bonds is 2. The molecule has 0 aromatic heterocycles. The maximum absolute atomic E-state index is 13.4. The van der Waals surface area contributed by atoms with Gasteiger partial charge in [0.25, 0.3) is 0 Å². The molecule has 0 saturated heterocycles. The molecule has 0 saturated carbocycles. The zero-order valence-electron chi connectivity index (χ0n) is 13.8. The molecule has 3 aromatic rings. The summed E-state index contributed by atoms with van der Waals surface area (Å²) in [5.74, 6) is -0.634. The minimum atomic E-state index is -1.58. The van der Waals surface area contributed by atoms with E-state index in [4.69, 9.17) is 34.8 Å². The first kappa shape index (κ1) is 18.4. The number of nitrogens with zero attached hydrogens (tertiary/aromatic N) is 1. The molecule has 3 aromatic carbocycles. The second-order valence-corrected chi connectivity index (χ2v) is 8.55. The summed E-state index contributed by atoms with van der Waals surface area (Å²) < 4.78 is 25.2. The van der Waals surface area contributed by atoms with Crippen molar-refractivity contribution in [2.75, 3.05) is 0 Å². The smallest absolute Gasteiger partial charge is 0.229 e. The van der Waals surface area contributed by atoms with Crippen molar-refractivity contribution < 1.29 is 8.78 Å². The van der Waals surface area contributed by atoms with Crippen LogP contribution in [0.15, 0.2) is 65.7 Å². The molecule has 6 heteroatoms. The summed E-state index contributed by atoms with van der Waals surface area (Å²) in [7, 11) is 0. The molecule has 1 aliphatic heterocycles. The summed E-state index contributed by atoms with van der Waals surface area (Å²) in [5.41, 5.74) is 5.44. The van der Waals surface area contributed by atoms with Gasteiger partial charge in [0.15, 0.2) is 0 Å². The van der Waals surface area contributed by atoms with Gasteiger partial charge in [-0.2, -0.15) is 0 Å². The van der Waals surface area contributed by atoms with Crippen LogP contribution in [0.4, 0.5) is 14.5 Å². The predicted molar refractivity (Wildman–Crippen MR) is 108 cm³/mol. The Labute approximate surface area is 170 Å². The minimum absolute atomic E-state index is 0.315. The number of fused-ring (bicyclic) bond motifs is 1. The fourth-order valence-electron chi connectivity index (χ4n) is 3.14. The number of hydrogen-bond acceptors (Lipinski definition) is 1. The van der Waals surface area contributed by atoms with Crippen molar-refractivity contribution >= 4 is 46.2 Å². The highest BCUT2D eigenvalue weighted by Crippen LogP contribution is 2.43. The molecular weight excluding hydrogens is 411 g/mol. The van der Waals surface area contributed by atoms with Gasteiger partial charge in [0.2, 0.25) is 3.79 Å². The summed E-state index contributed by atoms with van der Waals surface area (Å²) in [6.45, 7) is 0. The van der Waals surface area contributed by atoms with E-state index < -0.39 is 3.79 Å². The number of alkyl halides is 3. The van der Waals surface area contributed by atoms with Gasteiger partial charge in [0.1, 0.15) is 11.6 Å². The Morgan fingerprint density at radius 3 is 1.70 bits per heavy atom. The lowest BCUT2D eigenvalue weighted by atomic mass is 9.91. The molecule has 1 nitrogen and oxygen atoms in total. The zero-order valence-corrected chi connectivity index (χ0v) is 16.1. The largest absolute Gasteiger partial charge is 0.253 e. The van der Waals surface area contributed by atoms with Gasteiger partial charge < -0.3 is 0 Å². The molecule has 4 rings (SSSR count). The Kier molecular flexibility index (Phi) is 4.71. The highest BCUT2D eigenvalue weighted by Gasteiger charge is 2.32. The molecule has 0 aliphatic carbocycles. The summed E-state index contributed by atoms with van der Waals surface area (Å²) in [5, 5.41) is 0. The third kappa shape index (κ3) is 3.73. The van der Waals surface area contributed by atoms with Crippen LogP contribution in [-0.2, 0) is 6.42 Å². The van der Waals surface area contributed by atoms with E-state index in [1.165, 1.54) is 24.3 Å². The average Bonchev–Trinajstić information content (AvgIpc) is 3.05. The van der Waals surface area contributed by atoms with Crippen molar-refractivity contribution in [2.24, 2.45) is 4.99 Å². The maximum Gasteiger partial charge on any atom is 0.229 e. The first-order chi connectivity index (χ1) is 12.8. The first-order valence-corrected chi connectivity index (χ1v) is 9.28. The molecule has 0 unspecified atom stereocenters. The van der Waals surface area contributed by atoms with E-state index in [-0.39, 0.29) is 11.6 Å². The van der Waals surface area contributed by atoms with E-state index in [9.17, 15) is 8.78 Å². The molecule has 0 spiro atoms. The molecule has 0 atom stereocenters. The number of aliphatic imine (C=N–C) groups is 1. The lowest BCUT2D eigenvalue weighted by Gasteiger charge is -2.13. The van der Waals surface area contributed by atoms with Crippen molar-refractivity contribution in [1.82, 2.24) is 0 Å². The number of halogens is 5. The molecule has 27 heavy (non-hydrogen) atoms. The molecule has 0 amide bonds. The highest BCUT2D eigenvalue weighted by atomic mass is 35.6. The Morgan fingerprint density at radius 1 is 0.741 bits per heavy atom. The van der Waals surface area contributed by atoms with Gasteiger partial charge in [-0.15, -0.1) is 0 Å². The van der Waals surface area contributed by atoms with Crippen LogP contribution in [0.5, 0.6) is 0 Å². The van der Waals surface area contributed by atoms with Crippen molar-refractivity contribution in [3.63, 3.8) is 0 Å². The lowest BCUT2D eigenvalue weighted by Crippen LogP contribution is -2.18. The number of benzene rings is 3. The van der Waals surface area contributed by atoms with E-state index in [0.717, 1.165) is 27.8 Å². The minimum Gasteiger partial charge on any atom is -0.253 e. The Hall–Kier alpha value is -1.94. The SMILES string of the molecule is Fc1ccc(-c2cc3c(cc2-c2ccc(F)cc2)N=C(C(Cl)(Cl)Cl)C3)cc1. The van der Waals surface area contributed by atoms with E-state index >= 15 is 0 Å². The van der Waals surface area contributed by atoms with E-state index in [1.807, 2.05) is 12.1 Å². The Bertz CT molecular complexity index is 1040. The third-order valence-electron chi connectivity index (χ3n) is 4.47. The van der Waals surface area contributed by atoms with Crippen LogP contribution in [0, 0.1) is 11.6 Å². The highest BCUT2D eigenvalue weighted by molar-refractivity contribution is 6.77. The van der Waals surface area contributed by atoms with Crippen molar-refractivity contribution in [1.29, 1.82) is 0 Å². The van der Waals surface area contributed by atoms with Crippen LogP contribution in [0.2, 0.25) is 0 Å². The van der Waals surface area contributed by atoms with Crippen LogP contribution in [0.25, 0.3) is 22.3 Å². The fraction of sp³-hybridized carbons (Fsp3) is 0.0952. The van der Waals surface area contributed by atoms with Crippen molar-refractivity contribution in [2.45, 2.75) is 10.2 Å². The van der Waals surface area contributed by atoms with Gasteiger partial charge in [-0.3, -0.25) is 4.99 Å². The van der Waals surface area contributed by atoms with E-state index in [2.05, 4.69) is 4.99 Å². The average molecular weight is 423 g/mol. The standard InChI is InChI=1S/C21H12Cl3F2N/c22-21(23,24)20-10-14-9-17(12-1-5-15(25)6-2-12)18(11-19(14)27-20)13-3-7-16(26)8-4-13/h1-9,11H,10H2. The fourth-order valence-corrected chi connectivity index (χ4v) is 3.47. The Morgan fingerprint density at radius 2 is 1.22 bits per heavy atom. The summed E-state index contributed by atoms with van der Waals surface area (Å²) in [4.78, 5) is 4.46. The summed E-state index contributed by atoms with van der Waals surface area (Å²) >= 11 is 18.0. The number of hydrogen-bond donors (Lipinski definition) is 0. The van der Waals surface area contributed by atoms with Crippen LogP contribution < -0.4 is 0 Å². The third-order valence-corrected chi connectivity index (χ3v) is 5.12. The van der Waals surface area contributed by atoms with E-state index in [1.54, 1.807) is 24.3 Å². The second-order valence-electron chi connectivity index (χ2n) is 6.27. The zero-order chi connectivity index (χ0) is 19.2. The molecule has 1 aliphatic rings. The topological polar surface area (TPSA) is 12.4 Å². The molecule has 136 valence electrons. The van der Waals surface area contributed by atoms with Crippen molar-refractivity contribution in [3.8, 4) is 22.3 Å². The summed E-state index contributed by atoms with van der Waals surface area (Å²) in [6.07, 6.45) is 0.420. The maximum atomic E-state index is 13.4. The van der Waals surface area contributed by atoms with Gasteiger partial charge in [0, 0.05) is 6.42 Å². The molecule has 0 radical (unpaired) electrons. The lowest BCUT2D eigenvalue weighted by molar-refractivity contribution is 0.627. The monoisotopic (exact) mass is 421 g/mol. The van der Waals surface area contributed by atoms with Crippen LogP contribution in [-0.4, -0.2) is 9.50 Å². The second kappa shape index (κ2) is 6.90. The van der Waals surface area contributed by atoms with Gasteiger partial charge in [-0.05, 0) is 64.2 Å². The van der Waals surface area contributed by atoms with Gasteiger partial charge in [-0.25, -0.2) is 8.78 Å². The van der Waals surface area contributed by atoms with E-state index in [0.29, 0.717) is 17.8 Å². The molecule has 0 fully saturated rings. The van der Waals surface area contributed by atoms with Crippen LogP contribution in [0.3, 0.4) is 0 Å². The molecule has 0 bridgehead atoms. The quantitative estimate of drug-likeness (QED) is 0.384. The molecular formula is C21H12Cl3F2N. The van der Waals surface area contributed by atoms with Crippen molar-refractivity contribution in [3.05, 3.63) is 77.9 Å². The van der Waals surface area contributed by atoms with Gasteiger partial charge in [0.05, 0.1) is 11.4 Å². The van der Waals surface area contributed by atoms with Gasteiger partial charge >= 0.3 is 0 Å². The van der Waals surface area contributed by atoms with Crippen LogP contribution >= 0.6 is 34.8 Å². The molecule has 0 N–H and O–H groups in total. The van der Waals surface area contributed by atoms with Crippen LogP contribution in [0.1, 0.15) is 5.56 Å². The van der Waals surface area contributed by atoms with Gasteiger partial charge in [-0.1, -0.05) is 59.1 Å². The summed E-state index contributed by atoms with van der Waals surface area (Å²) in [6, 6.07) is 16.3. The predicted octanol–water partition coefficient (Wildman–Crippen LogP) is 7.30. The first-order valence-electron chi connectivity index (χ1n) is 8.15.